The third kappa shape index (κ3) is 12.9. The molecule has 0 spiro atoms. The van der Waals surface area contributed by atoms with E-state index in [0.717, 1.165) is 5.33 Å². The highest BCUT2D eigenvalue weighted by molar-refractivity contribution is 9.09. The zero-order valence-electron chi connectivity index (χ0n) is 10.6. The monoisotopic (exact) mass is 343 g/mol. The predicted octanol–water partition coefficient (Wildman–Crippen LogP) is 0.822. The molecule has 0 saturated carbocycles. The number of nitrogens with zero attached hydrogens (tertiary/aromatic N) is 1. The van der Waals surface area contributed by atoms with Crippen LogP contribution in [0, 0.1) is 0 Å². The highest BCUT2D eigenvalue weighted by Gasteiger charge is 2.12. The van der Waals surface area contributed by atoms with Gasteiger partial charge in [0.25, 0.3) is 0 Å². The second kappa shape index (κ2) is 11.4. The summed E-state index contributed by atoms with van der Waals surface area (Å²) < 4.78 is 1.17. The SMILES string of the molecule is CCCCCCCC[N+](C)(C)CCBr.[Br-]. The fourth-order valence-corrected chi connectivity index (χ4v) is 2.62. The molecule has 0 saturated heterocycles. The molecule has 0 heterocycles. The first-order valence-electron chi connectivity index (χ1n) is 6.00. The molecule has 15 heavy (non-hydrogen) atoms. The van der Waals surface area contributed by atoms with Gasteiger partial charge >= 0.3 is 0 Å². The highest BCUT2D eigenvalue weighted by atomic mass is 79.9. The summed E-state index contributed by atoms with van der Waals surface area (Å²) in [4.78, 5) is 0. The van der Waals surface area contributed by atoms with E-state index in [2.05, 4.69) is 36.9 Å². The van der Waals surface area contributed by atoms with E-state index < -0.39 is 0 Å². The van der Waals surface area contributed by atoms with Gasteiger partial charge < -0.3 is 21.5 Å². The van der Waals surface area contributed by atoms with E-state index in [1.54, 1.807) is 0 Å². The number of unbranched alkanes of at least 4 members (excludes halogenated alkanes) is 5. The van der Waals surface area contributed by atoms with Gasteiger partial charge in [0.05, 0.1) is 32.5 Å². The quantitative estimate of drug-likeness (QED) is 0.330. The Kier molecular flexibility index (Phi) is 13.9. The third-order valence-electron chi connectivity index (χ3n) is 2.81. The molecule has 0 rings (SSSR count). The molecule has 3 heteroatoms. The van der Waals surface area contributed by atoms with Crippen LogP contribution in [0.5, 0.6) is 0 Å². The Hall–Kier alpha value is 0.920. The maximum Gasteiger partial charge on any atom is 0.0880 e. The van der Waals surface area contributed by atoms with Gasteiger partial charge in [-0.3, -0.25) is 0 Å². The molecular formula is C12H27Br2N. The van der Waals surface area contributed by atoms with Crippen LogP contribution in [0.4, 0.5) is 0 Å². The lowest BCUT2D eigenvalue weighted by atomic mass is 10.1. The standard InChI is InChI=1S/C12H27BrN.BrH/c1-4-5-6-7-8-9-11-14(2,3)12-10-13;/h4-12H2,1-3H3;1H/q+1;/p-1. The molecule has 0 amide bonds. The molecule has 94 valence electrons. The maximum absolute atomic E-state index is 3.51. The van der Waals surface area contributed by atoms with E-state index >= 15 is 0 Å². The Labute approximate surface area is 115 Å². The van der Waals surface area contributed by atoms with Crippen LogP contribution < -0.4 is 17.0 Å². The second-order valence-electron chi connectivity index (χ2n) is 4.84. The van der Waals surface area contributed by atoms with E-state index in [4.69, 9.17) is 0 Å². The highest BCUT2D eigenvalue weighted by Crippen LogP contribution is 2.08. The summed E-state index contributed by atoms with van der Waals surface area (Å²) in [6, 6.07) is 0. The van der Waals surface area contributed by atoms with Crippen molar-refractivity contribution in [3.63, 3.8) is 0 Å². The average Bonchev–Trinajstić information content (AvgIpc) is 2.11. The Balaban J connectivity index is 0. The van der Waals surface area contributed by atoms with E-state index in [-0.39, 0.29) is 17.0 Å². The van der Waals surface area contributed by atoms with Crippen LogP contribution in [-0.2, 0) is 0 Å². The molecule has 1 nitrogen and oxygen atoms in total. The number of quaternary nitrogens is 1. The number of alkyl halides is 1. The fraction of sp³-hybridized carbons (Fsp3) is 1.00. The van der Waals surface area contributed by atoms with Gasteiger partial charge in [0.15, 0.2) is 0 Å². The summed E-state index contributed by atoms with van der Waals surface area (Å²) in [7, 11) is 4.65. The Bertz CT molecular complexity index is 127. The maximum atomic E-state index is 3.51. The van der Waals surface area contributed by atoms with Crippen molar-refractivity contribution in [1.82, 2.24) is 0 Å². The lowest BCUT2D eigenvalue weighted by Gasteiger charge is -2.29. The van der Waals surface area contributed by atoms with Gasteiger partial charge in [-0.25, -0.2) is 0 Å². The van der Waals surface area contributed by atoms with Gasteiger partial charge in [-0.15, -0.1) is 0 Å². The van der Waals surface area contributed by atoms with Gasteiger partial charge in [0, 0.05) is 0 Å². The van der Waals surface area contributed by atoms with Gasteiger partial charge in [-0.05, 0) is 12.8 Å². The number of hydrogen-bond donors (Lipinski definition) is 0. The molecule has 0 aliphatic rings. The van der Waals surface area contributed by atoms with Gasteiger partial charge in [0.2, 0.25) is 0 Å². The molecule has 0 atom stereocenters. The minimum atomic E-state index is 0. The number of hydrogen-bond acceptors (Lipinski definition) is 0. The minimum absolute atomic E-state index is 0. The zero-order chi connectivity index (χ0) is 10.9. The van der Waals surface area contributed by atoms with Crippen molar-refractivity contribution >= 4 is 15.9 Å². The number of halogens is 2. The van der Waals surface area contributed by atoms with Crippen LogP contribution in [-0.4, -0.2) is 37.0 Å². The first kappa shape index (κ1) is 18.3. The Morgan fingerprint density at radius 1 is 0.867 bits per heavy atom. The number of rotatable bonds is 9. The van der Waals surface area contributed by atoms with Crippen LogP contribution >= 0.6 is 15.9 Å². The molecule has 0 fully saturated rings. The zero-order valence-corrected chi connectivity index (χ0v) is 13.7. The fourth-order valence-electron chi connectivity index (χ4n) is 1.66. The van der Waals surface area contributed by atoms with Crippen molar-refractivity contribution in [2.24, 2.45) is 0 Å². The van der Waals surface area contributed by atoms with Crippen molar-refractivity contribution in [1.29, 1.82) is 0 Å². The van der Waals surface area contributed by atoms with Crippen molar-refractivity contribution < 1.29 is 21.5 Å². The van der Waals surface area contributed by atoms with Gasteiger partial charge in [0.1, 0.15) is 0 Å². The molecule has 0 aliphatic heterocycles. The van der Waals surface area contributed by atoms with Crippen LogP contribution in [0.1, 0.15) is 45.4 Å². The van der Waals surface area contributed by atoms with Crippen molar-refractivity contribution in [2.45, 2.75) is 45.4 Å². The van der Waals surface area contributed by atoms with Crippen molar-refractivity contribution in [2.75, 3.05) is 32.5 Å². The largest absolute Gasteiger partial charge is 1.00 e. The van der Waals surface area contributed by atoms with Crippen molar-refractivity contribution in [3.8, 4) is 0 Å². The molecule has 0 N–H and O–H groups in total. The molecule has 0 aromatic rings. The molecule has 0 aromatic carbocycles. The van der Waals surface area contributed by atoms with E-state index in [1.165, 1.54) is 56.1 Å². The molecule has 0 radical (unpaired) electrons. The topological polar surface area (TPSA) is 0 Å². The summed E-state index contributed by atoms with van der Waals surface area (Å²) in [6.45, 7) is 4.85. The lowest BCUT2D eigenvalue weighted by Crippen LogP contribution is -3.00. The molecule has 0 unspecified atom stereocenters. The predicted molar refractivity (Wildman–Crippen MR) is 69.0 cm³/mol. The Morgan fingerprint density at radius 3 is 1.93 bits per heavy atom. The van der Waals surface area contributed by atoms with Crippen LogP contribution in [0.25, 0.3) is 0 Å². The first-order valence-corrected chi connectivity index (χ1v) is 7.12. The van der Waals surface area contributed by atoms with Gasteiger partial charge in [-0.2, -0.15) is 0 Å². The minimum Gasteiger partial charge on any atom is -1.00 e. The normalized spacial score (nSPS) is 11.2. The third-order valence-corrected chi connectivity index (χ3v) is 3.16. The smallest absolute Gasteiger partial charge is 0.0880 e. The summed E-state index contributed by atoms with van der Waals surface area (Å²) >= 11 is 3.51. The van der Waals surface area contributed by atoms with Crippen LogP contribution in [0.3, 0.4) is 0 Å². The van der Waals surface area contributed by atoms with Crippen LogP contribution in [0.2, 0.25) is 0 Å². The summed E-state index contributed by atoms with van der Waals surface area (Å²) in [5.74, 6) is 0. The second-order valence-corrected chi connectivity index (χ2v) is 5.63. The van der Waals surface area contributed by atoms with Crippen molar-refractivity contribution in [3.05, 3.63) is 0 Å². The molecular weight excluding hydrogens is 318 g/mol. The molecule has 0 aliphatic carbocycles. The summed E-state index contributed by atoms with van der Waals surface area (Å²) in [5.41, 5.74) is 0. The van der Waals surface area contributed by atoms with Gasteiger partial charge in [-0.1, -0.05) is 48.5 Å². The lowest BCUT2D eigenvalue weighted by molar-refractivity contribution is -0.887. The van der Waals surface area contributed by atoms with Crippen LogP contribution in [0.15, 0.2) is 0 Å². The molecule has 0 aromatic heterocycles. The van der Waals surface area contributed by atoms with E-state index in [9.17, 15) is 0 Å². The summed E-state index contributed by atoms with van der Waals surface area (Å²) in [5, 5.41) is 1.12. The Morgan fingerprint density at radius 2 is 1.40 bits per heavy atom. The summed E-state index contributed by atoms with van der Waals surface area (Å²) in [6.07, 6.45) is 8.45. The van der Waals surface area contributed by atoms with E-state index in [0.29, 0.717) is 0 Å². The average molecular weight is 345 g/mol. The molecule has 0 bridgehead atoms. The van der Waals surface area contributed by atoms with E-state index in [1.807, 2.05) is 0 Å². The first-order chi connectivity index (χ1) is 6.62.